The number of nitrogens with zero attached hydrogens (tertiary/aromatic N) is 1. The average molecular weight is 257 g/mol. The van der Waals surface area contributed by atoms with E-state index in [0.717, 1.165) is 12.5 Å². The maximum atomic E-state index is 13.5. The number of hydrogen-bond acceptors (Lipinski definition) is 4. The number of hydrogen-bond donors (Lipinski definition) is 1. The molecule has 0 bridgehead atoms. The lowest BCUT2D eigenvalue weighted by Gasteiger charge is -2.07. The van der Waals surface area contributed by atoms with Crippen LogP contribution in [0, 0.1) is 15.9 Å². The maximum absolute atomic E-state index is 13.5. The molecule has 0 amide bonds. The van der Waals surface area contributed by atoms with Crippen LogP contribution < -0.4 is 4.74 Å². The third-order valence-corrected chi connectivity index (χ3v) is 2.23. The first-order chi connectivity index (χ1) is 8.47. The van der Waals surface area contributed by atoms with Crippen LogP contribution in [0.25, 0.3) is 0 Å². The predicted octanol–water partition coefficient (Wildman–Crippen LogP) is 2.61. The fourth-order valence-corrected chi connectivity index (χ4v) is 1.30. The van der Waals surface area contributed by atoms with Crippen molar-refractivity contribution < 1.29 is 24.0 Å². The third kappa shape index (κ3) is 3.16. The molecular weight excluding hydrogens is 245 g/mol. The largest absolute Gasteiger partial charge is 0.490 e. The van der Waals surface area contributed by atoms with E-state index in [2.05, 4.69) is 0 Å². The molecule has 0 unspecified atom stereocenters. The van der Waals surface area contributed by atoms with Gasteiger partial charge < -0.3 is 9.84 Å². The molecule has 1 rings (SSSR count). The molecule has 0 saturated carbocycles. The zero-order valence-corrected chi connectivity index (χ0v) is 9.68. The fraction of sp³-hybridized carbons (Fsp3) is 0.364. The van der Waals surface area contributed by atoms with Crippen LogP contribution >= 0.6 is 0 Å². The third-order valence-electron chi connectivity index (χ3n) is 2.23. The van der Waals surface area contributed by atoms with Crippen molar-refractivity contribution in [2.24, 2.45) is 0 Å². The molecule has 0 saturated heterocycles. The first kappa shape index (κ1) is 13.9. The van der Waals surface area contributed by atoms with Crippen LogP contribution in [0.3, 0.4) is 0 Å². The fourth-order valence-electron chi connectivity index (χ4n) is 1.30. The van der Waals surface area contributed by atoms with Gasteiger partial charge in [-0.15, -0.1) is 0 Å². The zero-order chi connectivity index (χ0) is 13.7. The summed E-state index contributed by atoms with van der Waals surface area (Å²) in [7, 11) is 0. The lowest BCUT2D eigenvalue weighted by molar-refractivity contribution is -0.385. The molecule has 1 aromatic rings. The molecule has 0 spiro atoms. The lowest BCUT2D eigenvalue weighted by Crippen LogP contribution is -2.06. The molecule has 0 aliphatic rings. The molecule has 0 radical (unpaired) electrons. The summed E-state index contributed by atoms with van der Waals surface area (Å²) in [4.78, 5) is 20.5. The second kappa shape index (κ2) is 5.95. The van der Waals surface area contributed by atoms with E-state index in [0.29, 0.717) is 12.5 Å². The van der Waals surface area contributed by atoms with Crippen molar-refractivity contribution in [1.82, 2.24) is 0 Å². The van der Waals surface area contributed by atoms with Crippen LogP contribution in [0.2, 0.25) is 0 Å². The number of benzene rings is 1. The van der Waals surface area contributed by atoms with Crippen molar-refractivity contribution in [3.05, 3.63) is 33.6 Å². The number of carbonyl (C=O) groups is 1. The molecule has 0 aliphatic heterocycles. The topological polar surface area (TPSA) is 89.7 Å². The number of carboxylic acids is 1. The first-order valence-corrected chi connectivity index (χ1v) is 5.31. The highest BCUT2D eigenvalue weighted by atomic mass is 19.1. The Bertz CT molecular complexity index is 475. The minimum absolute atomic E-state index is 0.226. The van der Waals surface area contributed by atoms with Gasteiger partial charge in [-0.2, -0.15) is 0 Å². The monoisotopic (exact) mass is 257 g/mol. The van der Waals surface area contributed by atoms with Gasteiger partial charge in [0, 0.05) is 6.07 Å². The summed E-state index contributed by atoms with van der Waals surface area (Å²) in [5.74, 6) is -2.73. The van der Waals surface area contributed by atoms with E-state index < -0.39 is 28.0 Å². The summed E-state index contributed by atoms with van der Waals surface area (Å²) in [5, 5.41) is 19.4. The molecule has 0 fully saturated rings. The molecule has 0 atom stereocenters. The minimum atomic E-state index is -1.50. The predicted molar refractivity (Wildman–Crippen MR) is 60.4 cm³/mol. The number of nitro groups is 1. The first-order valence-electron chi connectivity index (χ1n) is 5.31. The summed E-state index contributed by atoms with van der Waals surface area (Å²) >= 11 is 0. The number of rotatable bonds is 6. The van der Waals surface area contributed by atoms with E-state index in [4.69, 9.17) is 9.84 Å². The SMILES string of the molecule is CCCCOc1cc(C(=O)O)c([N+](=O)[O-])cc1F. The van der Waals surface area contributed by atoms with Gasteiger partial charge in [0.25, 0.3) is 5.69 Å². The minimum Gasteiger partial charge on any atom is -0.490 e. The number of unbranched alkanes of at least 4 members (excludes halogenated alkanes) is 1. The van der Waals surface area contributed by atoms with Crippen molar-refractivity contribution >= 4 is 11.7 Å². The Hall–Kier alpha value is -2.18. The Morgan fingerprint density at radius 2 is 2.22 bits per heavy atom. The number of ether oxygens (including phenoxy) is 1. The normalized spacial score (nSPS) is 10.1. The van der Waals surface area contributed by atoms with Crippen molar-refractivity contribution in [3.63, 3.8) is 0 Å². The standard InChI is InChI=1S/C11H12FNO5/c1-2-3-4-18-10-5-7(11(14)15)9(13(16)17)6-8(10)12/h5-6H,2-4H2,1H3,(H,14,15). The number of halogens is 1. The van der Waals surface area contributed by atoms with Gasteiger partial charge in [0.05, 0.1) is 17.6 Å². The average Bonchev–Trinajstić information content (AvgIpc) is 2.30. The quantitative estimate of drug-likeness (QED) is 0.480. The zero-order valence-electron chi connectivity index (χ0n) is 9.68. The Morgan fingerprint density at radius 1 is 1.56 bits per heavy atom. The van der Waals surface area contributed by atoms with Crippen molar-refractivity contribution in [2.75, 3.05) is 6.61 Å². The maximum Gasteiger partial charge on any atom is 0.342 e. The van der Waals surface area contributed by atoms with Crippen molar-refractivity contribution in [3.8, 4) is 5.75 Å². The van der Waals surface area contributed by atoms with Gasteiger partial charge in [-0.05, 0) is 6.42 Å². The van der Waals surface area contributed by atoms with Gasteiger partial charge in [0.1, 0.15) is 5.56 Å². The van der Waals surface area contributed by atoms with E-state index >= 15 is 0 Å². The molecule has 0 heterocycles. The summed E-state index contributed by atoms with van der Waals surface area (Å²) in [6.45, 7) is 2.14. The summed E-state index contributed by atoms with van der Waals surface area (Å²) in [6.07, 6.45) is 1.51. The molecule has 0 aromatic heterocycles. The number of nitro benzene ring substituents is 1. The molecule has 1 N–H and O–H groups in total. The van der Waals surface area contributed by atoms with Crippen molar-refractivity contribution in [1.29, 1.82) is 0 Å². The molecule has 98 valence electrons. The number of aromatic carboxylic acids is 1. The molecule has 18 heavy (non-hydrogen) atoms. The van der Waals surface area contributed by atoms with E-state index in [1.165, 1.54) is 0 Å². The second-order valence-corrected chi connectivity index (χ2v) is 3.56. The Labute approximate surface area is 102 Å². The van der Waals surface area contributed by atoms with Gasteiger partial charge >= 0.3 is 5.97 Å². The van der Waals surface area contributed by atoms with Crippen LogP contribution in [0.1, 0.15) is 30.1 Å². The summed E-state index contributed by atoms with van der Waals surface area (Å²) < 4.78 is 18.5. The van der Waals surface area contributed by atoms with Gasteiger partial charge in [-0.3, -0.25) is 10.1 Å². The lowest BCUT2D eigenvalue weighted by atomic mass is 10.1. The molecule has 1 aromatic carbocycles. The van der Waals surface area contributed by atoms with Crippen LogP contribution in [0.4, 0.5) is 10.1 Å². The van der Waals surface area contributed by atoms with Crippen molar-refractivity contribution in [2.45, 2.75) is 19.8 Å². The number of carboxylic acid groups (broad SMARTS) is 1. The van der Waals surface area contributed by atoms with E-state index in [1.54, 1.807) is 0 Å². The van der Waals surface area contributed by atoms with Gasteiger partial charge in [-0.1, -0.05) is 13.3 Å². The highest BCUT2D eigenvalue weighted by Gasteiger charge is 2.23. The van der Waals surface area contributed by atoms with E-state index in [1.807, 2.05) is 6.92 Å². The summed E-state index contributed by atoms with van der Waals surface area (Å²) in [6, 6.07) is 1.40. The van der Waals surface area contributed by atoms with Crippen LogP contribution in [0.15, 0.2) is 12.1 Å². The van der Waals surface area contributed by atoms with E-state index in [9.17, 15) is 19.3 Å². The van der Waals surface area contributed by atoms with E-state index in [-0.39, 0.29) is 12.4 Å². The van der Waals surface area contributed by atoms with Gasteiger partial charge in [-0.25, -0.2) is 9.18 Å². The Kier molecular flexibility index (Phi) is 4.59. The highest BCUT2D eigenvalue weighted by Crippen LogP contribution is 2.27. The van der Waals surface area contributed by atoms with Crippen LogP contribution in [-0.4, -0.2) is 22.6 Å². The molecular formula is C11H12FNO5. The summed E-state index contributed by atoms with van der Waals surface area (Å²) in [5.41, 5.74) is -1.38. The van der Waals surface area contributed by atoms with Gasteiger partial charge in [0.15, 0.2) is 11.6 Å². The van der Waals surface area contributed by atoms with Gasteiger partial charge in [0.2, 0.25) is 0 Å². The second-order valence-electron chi connectivity index (χ2n) is 3.56. The van der Waals surface area contributed by atoms with Crippen LogP contribution in [0.5, 0.6) is 5.75 Å². The highest BCUT2D eigenvalue weighted by molar-refractivity contribution is 5.92. The smallest absolute Gasteiger partial charge is 0.342 e. The van der Waals surface area contributed by atoms with Crippen LogP contribution in [-0.2, 0) is 0 Å². The molecule has 6 nitrogen and oxygen atoms in total. The molecule has 7 heteroatoms. The molecule has 0 aliphatic carbocycles. The Morgan fingerprint density at radius 3 is 2.72 bits per heavy atom. The Balaban J connectivity index is 3.11.